The standard InChI is InChI=1S/C16H29NO6/c1-10(2)11(12(18)21-9)17(13(19)22-15(3,4)5)14(20)23-16(6,7)8/h10-11H,1-9H3/t11-/m0/s1. The molecule has 0 bridgehead atoms. The van der Waals surface area contributed by atoms with Crippen LogP contribution in [0.25, 0.3) is 0 Å². The Morgan fingerprint density at radius 1 is 0.826 bits per heavy atom. The lowest BCUT2D eigenvalue weighted by Gasteiger charge is -2.33. The third-order valence-corrected chi connectivity index (χ3v) is 2.53. The second-order valence-corrected chi connectivity index (χ2v) is 7.54. The largest absolute Gasteiger partial charge is 0.467 e. The molecule has 0 rings (SSSR count). The molecule has 7 heteroatoms. The van der Waals surface area contributed by atoms with Crippen LogP contribution in [-0.4, -0.2) is 47.4 Å². The van der Waals surface area contributed by atoms with Crippen molar-refractivity contribution in [3.05, 3.63) is 0 Å². The van der Waals surface area contributed by atoms with Crippen LogP contribution in [0.1, 0.15) is 55.4 Å². The van der Waals surface area contributed by atoms with Crippen molar-refractivity contribution < 1.29 is 28.6 Å². The molecule has 0 saturated heterocycles. The molecule has 0 saturated carbocycles. The fourth-order valence-corrected chi connectivity index (χ4v) is 1.72. The summed E-state index contributed by atoms with van der Waals surface area (Å²) in [4.78, 5) is 37.6. The molecule has 0 radical (unpaired) electrons. The van der Waals surface area contributed by atoms with Crippen LogP contribution in [0.3, 0.4) is 0 Å². The highest BCUT2D eigenvalue weighted by atomic mass is 16.6. The first-order chi connectivity index (χ1) is 10.2. The van der Waals surface area contributed by atoms with Gasteiger partial charge in [-0.25, -0.2) is 14.4 Å². The second kappa shape index (κ2) is 7.66. The molecule has 2 amide bonds. The minimum absolute atomic E-state index is 0.373. The molecule has 0 unspecified atom stereocenters. The van der Waals surface area contributed by atoms with Gasteiger partial charge in [0, 0.05) is 0 Å². The van der Waals surface area contributed by atoms with Crippen molar-refractivity contribution in [3.63, 3.8) is 0 Å². The van der Waals surface area contributed by atoms with Gasteiger partial charge in [0.05, 0.1) is 7.11 Å². The Kier molecular flexibility index (Phi) is 7.06. The van der Waals surface area contributed by atoms with E-state index in [9.17, 15) is 14.4 Å². The van der Waals surface area contributed by atoms with Crippen molar-refractivity contribution in [2.45, 2.75) is 72.6 Å². The number of hydrogen-bond donors (Lipinski definition) is 0. The van der Waals surface area contributed by atoms with Gasteiger partial charge < -0.3 is 14.2 Å². The Balaban J connectivity index is 5.72. The number of nitrogens with zero attached hydrogens (tertiary/aromatic N) is 1. The number of carbonyl (C=O) groups is 3. The molecule has 1 atom stereocenters. The summed E-state index contributed by atoms with van der Waals surface area (Å²) < 4.78 is 15.2. The summed E-state index contributed by atoms with van der Waals surface area (Å²) in [5.41, 5.74) is -1.65. The summed E-state index contributed by atoms with van der Waals surface area (Å²) in [6.45, 7) is 13.4. The lowest BCUT2D eigenvalue weighted by atomic mass is 10.0. The van der Waals surface area contributed by atoms with E-state index in [1.165, 1.54) is 7.11 Å². The first-order valence-electron chi connectivity index (χ1n) is 7.52. The topological polar surface area (TPSA) is 82.1 Å². The van der Waals surface area contributed by atoms with Crippen molar-refractivity contribution in [1.29, 1.82) is 0 Å². The quantitative estimate of drug-likeness (QED) is 0.582. The SMILES string of the molecule is COC(=O)[C@H](C(C)C)N(C(=O)OC(C)(C)C)C(=O)OC(C)(C)C. The first kappa shape index (κ1) is 21.2. The number of ether oxygens (including phenoxy) is 3. The predicted octanol–water partition coefficient (Wildman–Crippen LogP) is 3.36. The summed E-state index contributed by atoms with van der Waals surface area (Å²) >= 11 is 0. The second-order valence-electron chi connectivity index (χ2n) is 7.54. The molecule has 7 nitrogen and oxygen atoms in total. The molecule has 134 valence electrons. The van der Waals surface area contributed by atoms with Gasteiger partial charge in [0.1, 0.15) is 17.2 Å². The zero-order chi connectivity index (χ0) is 18.6. The zero-order valence-electron chi connectivity index (χ0n) is 15.6. The van der Waals surface area contributed by atoms with Crippen molar-refractivity contribution in [3.8, 4) is 0 Å². The van der Waals surface area contributed by atoms with Gasteiger partial charge in [-0.15, -0.1) is 0 Å². The van der Waals surface area contributed by atoms with Crippen molar-refractivity contribution in [1.82, 2.24) is 4.90 Å². The molecule has 0 fully saturated rings. The highest BCUT2D eigenvalue weighted by Crippen LogP contribution is 2.21. The van der Waals surface area contributed by atoms with E-state index in [1.807, 2.05) is 0 Å². The van der Waals surface area contributed by atoms with Crippen molar-refractivity contribution in [2.75, 3.05) is 7.11 Å². The Labute approximate surface area is 138 Å². The maximum absolute atomic E-state index is 12.4. The number of hydrogen-bond acceptors (Lipinski definition) is 6. The van der Waals surface area contributed by atoms with Crippen molar-refractivity contribution in [2.24, 2.45) is 5.92 Å². The molecule has 0 spiro atoms. The summed E-state index contributed by atoms with van der Waals surface area (Å²) in [6, 6.07) is -1.13. The molecular weight excluding hydrogens is 302 g/mol. The molecule has 0 N–H and O–H groups in total. The molecule has 0 aliphatic rings. The molecule has 0 heterocycles. The number of imide groups is 1. The number of amides is 2. The average Bonchev–Trinajstić information content (AvgIpc) is 2.29. The third kappa shape index (κ3) is 7.34. The van der Waals surface area contributed by atoms with Crippen LogP contribution in [-0.2, 0) is 19.0 Å². The summed E-state index contributed by atoms with van der Waals surface area (Å²) in [6.07, 6.45) is -1.90. The number of carbonyl (C=O) groups excluding carboxylic acids is 3. The fraction of sp³-hybridized carbons (Fsp3) is 0.812. The number of rotatable bonds is 3. The lowest BCUT2D eigenvalue weighted by Crippen LogP contribution is -2.54. The van der Waals surface area contributed by atoms with Crippen molar-refractivity contribution >= 4 is 18.2 Å². The third-order valence-electron chi connectivity index (χ3n) is 2.53. The molecule has 0 aliphatic carbocycles. The maximum atomic E-state index is 12.4. The van der Waals surface area contributed by atoms with Gasteiger partial charge in [-0.1, -0.05) is 13.8 Å². The maximum Gasteiger partial charge on any atom is 0.420 e. The fourth-order valence-electron chi connectivity index (χ4n) is 1.72. The van der Waals surface area contributed by atoms with Gasteiger partial charge in [-0.05, 0) is 47.5 Å². The Morgan fingerprint density at radius 2 is 1.17 bits per heavy atom. The average molecular weight is 331 g/mol. The van der Waals surface area contributed by atoms with Crippen LogP contribution < -0.4 is 0 Å². The molecule has 0 aliphatic heterocycles. The normalized spacial score (nSPS) is 13.3. The highest BCUT2D eigenvalue weighted by Gasteiger charge is 2.42. The smallest absolute Gasteiger partial charge is 0.420 e. The van der Waals surface area contributed by atoms with E-state index in [4.69, 9.17) is 14.2 Å². The monoisotopic (exact) mass is 331 g/mol. The van der Waals surface area contributed by atoms with Crippen LogP contribution in [0.2, 0.25) is 0 Å². The van der Waals surface area contributed by atoms with Crippen LogP contribution >= 0.6 is 0 Å². The van der Waals surface area contributed by atoms with Crippen LogP contribution in [0.5, 0.6) is 0 Å². The molecule has 0 aromatic heterocycles. The first-order valence-corrected chi connectivity index (χ1v) is 7.52. The molecule has 0 aromatic rings. The lowest BCUT2D eigenvalue weighted by molar-refractivity contribution is -0.148. The molecular formula is C16H29NO6. The molecule has 23 heavy (non-hydrogen) atoms. The summed E-state index contributed by atoms with van der Waals surface area (Å²) in [7, 11) is 1.19. The summed E-state index contributed by atoms with van der Waals surface area (Å²) in [5, 5.41) is 0. The van der Waals surface area contributed by atoms with E-state index in [-0.39, 0.29) is 5.92 Å². The molecule has 0 aromatic carbocycles. The minimum Gasteiger partial charge on any atom is -0.467 e. The van der Waals surface area contributed by atoms with Crippen LogP contribution in [0.15, 0.2) is 0 Å². The van der Waals surface area contributed by atoms with E-state index < -0.39 is 35.4 Å². The number of esters is 1. The van der Waals surface area contributed by atoms with E-state index >= 15 is 0 Å². The Morgan fingerprint density at radius 3 is 1.39 bits per heavy atom. The van der Waals surface area contributed by atoms with Crippen LogP contribution in [0, 0.1) is 5.92 Å². The highest BCUT2D eigenvalue weighted by molar-refractivity contribution is 5.94. The predicted molar refractivity (Wildman–Crippen MR) is 84.9 cm³/mol. The van der Waals surface area contributed by atoms with E-state index in [1.54, 1.807) is 55.4 Å². The van der Waals surface area contributed by atoms with Gasteiger partial charge in [0.25, 0.3) is 0 Å². The Hall–Kier alpha value is -1.79. The van der Waals surface area contributed by atoms with Gasteiger partial charge in [0.15, 0.2) is 0 Å². The van der Waals surface area contributed by atoms with Crippen LogP contribution in [0.4, 0.5) is 9.59 Å². The minimum atomic E-state index is -1.13. The van der Waals surface area contributed by atoms with Gasteiger partial charge >= 0.3 is 18.2 Å². The zero-order valence-corrected chi connectivity index (χ0v) is 15.6. The van der Waals surface area contributed by atoms with E-state index in [0.29, 0.717) is 4.90 Å². The summed E-state index contributed by atoms with van der Waals surface area (Å²) in [5.74, 6) is -1.08. The van der Waals surface area contributed by atoms with Gasteiger partial charge in [0.2, 0.25) is 0 Å². The van der Waals surface area contributed by atoms with Gasteiger partial charge in [-0.2, -0.15) is 4.90 Å². The Bertz CT molecular complexity index is 416. The van der Waals surface area contributed by atoms with E-state index in [2.05, 4.69) is 0 Å². The van der Waals surface area contributed by atoms with Gasteiger partial charge in [-0.3, -0.25) is 0 Å². The van der Waals surface area contributed by atoms with E-state index in [0.717, 1.165) is 0 Å². The number of methoxy groups -OCH3 is 1.